The van der Waals surface area contributed by atoms with Crippen LogP contribution in [0.2, 0.25) is 0 Å². The molecular weight excluding hydrogens is 288 g/mol. The number of hydrogen-bond acceptors (Lipinski definition) is 6. The Bertz CT molecular complexity index is 768. The molecule has 0 aliphatic heterocycles. The van der Waals surface area contributed by atoms with Crippen LogP contribution in [0.25, 0.3) is 11.0 Å². The summed E-state index contributed by atoms with van der Waals surface area (Å²) in [5, 5.41) is 12.5. The molecule has 1 aromatic heterocycles. The van der Waals surface area contributed by atoms with Crippen LogP contribution in [-0.2, 0) is 9.59 Å². The number of nitrogens with one attached hydrogen (secondary N) is 1. The highest BCUT2D eigenvalue weighted by Crippen LogP contribution is 2.21. The van der Waals surface area contributed by atoms with Crippen molar-refractivity contribution in [2.75, 3.05) is 5.32 Å². The van der Waals surface area contributed by atoms with E-state index in [2.05, 4.69) is 5.32 Å². The van der Waals surface area contributed by atoms with Crippen LogP contribution in [0.15, 0.2) is 33.5 Å². The van der Waals surface area contributed by atoms with Crippen molar-refractivity contribution in [1.29, 1.82) is 0 Å². The predicted molar refractivity (Wildman–Crippen MR) is 80.9 cm³/mol. The van der Waals surface area contributed by atoms with Crippen LogP contribution < -0.4 is 16.7 Å². The van der Waals surface area contributed by atoms with Crippen molar-refractivity contribution < 1.29 is 19.1 Å². The molecule has 2 aromatic rings. The number of aryl methyl sites for hydroxylation is 1. The fourth-order valence-electron chi connectivity index (χ4n) is 2.20. The molecule has 1 unspecified atom stereocenters. The molecule has 4 N–H and O–H groups in total. The van der Waals surface area contributed by atoms with Gasteiger partial charge in [-0.05, 0) is 24.6 Å². The fraction of sp³-hybridized carbons (Fsp3) is 0.267. The largest absolute Gasteiger partial charge is 0.481 e. The Labute approximate surface area is 125 Å². The number of fused-ring (bicyclic) bond motifs is 1. The number of anilines is 1. The van der Waals surface area contributed by atoms with Crippen molar-refractivity contribution in [3.63, 3.8) is 0 Å². The second-order valence-electron chi connectivity index (χ2n) is 5.02. The van der Waals surface area contributed by atoms with Gasteiger partial charge in [0, 0.05) is 23.2 Å². The minimum absolute atomic E-state index is 0.310. The molecule has 0 fully saturated rings. The van der Waals surface area contributed by atoms with Gasteiger partial charge in [0.2, 0.25) is 0 Å². The van der Waals surface area contributed by atoms with E-state index in [9.17, 15) is 14.4 Å². The molecular formula is C15H16N2O5. The summed E-state index contributed by atoms with van der Waals surface area (Å²) in [4.78, 5) is 33.1. The van der Waals surface area contributed by atoms with Gasteiger partial charge in [0.05, 0.1) is 18.5 Å². The third-order valence-electron chi connectivity index (χ3n) is 3.32. The van der Waals surface area contributed by atoms with Gasteiger partial charge in [0.1, 0.15) is 11.9 Å². The summed E-state index contributed by atoms with van der Waals surface area (Å²) >= 11 is 0. The van der Waals surface area contributed by atoms with Crippen LogP contribution in [0.5, 0.6) is 0 Å². The highest BCUT2D eigenvalue weighted by Gasteiger charge is 2.20. The standard InChI is InChI=1S/C15H16N2O5/c1-8-4-15(21)22-13-5-9(2-3-10(8)13)17-12(6-14(19)20)11(16)7-18/h2-5,7,11-12,17H,6,16H2,1H3,(H,19,20)/t11-,12?/m1/s1. The highest BCUT2D eigenvalue weighted by atomic mass is 16.4. The zero-order valence-electron chi connectivity index (χ0n) is 11.9. The van der Waals surface area contributed by atoms with Gasteiger partial charge >= 0.3 is 11.6 Å². The Morgan fingerprint density at radius 3 is 2.82 bits per heavy atom. The van der Waals surface area contributed by atoms with Gasteiger partial charge in [-0.1, -0.05) is 0 Å². The molecule has 7 heteroatoms. The number of carboxylic acid groups (broad SMARTS) is 1. The van der Waals surface area contributed by atoms with E-state index in [0.29, 0.717) is 17.6 Å². The van der Waals surface area contributed by atoms with Gasteiger partial charge in [-0.3, -0.25) is 4.79 Å². The van der Waals surface area contributed by atoms with Crippen LogP contribution >= 0.6 is 0 Å². The third-order valence-corrected chi connectivity index (χ3v) is 3.32. The minimum atomic E-state index is -1.07. The average Bonchev–Trinajstić information content (AvgIpc) is 2.44. The van der Waals surface area contributed by atoms with Crippen molar-refractivity contribution in [2.24, 2.45) is 5.73 Å². The molecule has 7 nitrogen and oxygen atoms in total. The lowest BCUT2D eigenvalue weighted by atomic mass is 10.1. The zero-order chi connectivity index (χ0) is 16.3. The lowest BCUT2D eigenvalue weighted by Gasteiger charge is -2.21. The first-order chi connectivity index (χ1) is 10.4. The number of hydrogen-bond donors (Lipinski definition) is 3. The number of rotatable bonds is 6. The van der Waals surface area contributed by atoms with Crippen LogP contribution in [0, 0.1) is 6.92 Å². The Kier molecular flexibility index (Phi) is 4.57. The molecule has 0 radical (unpaired) electrons. The van der Waals surface area contributed by atoms with Gasteiger partial charge < -0.3 is 25.4 Å². The van der Waals surface area contributed by atoms with E-state index in [-0.39, 0.29) is 6.42 Å². The summed E-state index contributed by atoms with van der Waals surface area (Å²) < 4.78 is 5.12. The normalized spacial score (nSPS) is 13.5. The topological polar surface area (TPSA) is 123 Å². The van der Waals surface area contributed by atoms with Crippen molar-refractivity contribution in [2.45, 2.75) is 25.4 Å². The van der Waals surface area contributed by atoms with Crippen molar-refractivity contribution in [3.05, 3.63) is 40.2 Å². The molecule has 0 bridgehead atoms. The summed E-state index contributed by atoms with van der Waals surface area (Å²) in [7, 11) is 0. The maximum absolute atomic E-state index is 11.4. The lowest BCUT2D eigenvalue weighted by Crippen LogP contribution is -2.42. The number of carboxylic acids is 1. The van der Waals surface area contributed by atoms with Gasteiger partial charge in [-0.25, -0.2) is 4.79 Å². The molecule has 0 spiro atoms. The molecule has 2 atom stereocenters. The smallest absolute Gasteiger partial charge is 0.336 e. The zero-order valence-corrected chi connectivity index (χ0v) is 11.9. The highest BCUT2D eigenvalue weighted by molar-refractivity contribution is 5.83. The number of aliphatic carboxylic acids is 1. The first kappa shape index (κ1) is 15.7. The average molecular weight is 304 g/mol. The molecule has 116 valence electrons. The molecule has 0 saturated carbocycles. The molecule has 0 saturated heterocycles. The predicted octanol–water partition coefficient (Wildman–Crippen LogP) is 0.883. The SMILES string of the molecule is Cc1cc(=O)oc2cc(NC(CC(=O)O)[C@H](N)C=O)ccc12. The maximum Gasteiger partial charge on any atom is 0.336 e. The number of carbonyl (C=O) groups is 2. The van der Waals surface area contributed by atoms with E-state index in [1.807, 2.05) is 0 Å². The van der Waals surface area contributed by atoms with E-state index in [4.69, 9.17) is 15.3 Å². The molecule has 1 aromatic carbocycles. The Balaban J connectivity index is 2.35. The number of nitrogens with two attached hydrogens (primary N) is 1. The van der Waals surface area contributed by atoms with Gasteiger partial charge in [-0.2, -0.15) is 0 Å². The fourth-order valence-corrected chi connectivity index (χ4v) is 2.20. The van der Waals surface area contributed by atoms with E-state index in [0.717, 1.165) is 10.9 Å². The second-order valence-corrected chi connectivity index (χ2v) is 5.02. The van der Waals surface area contributed by atoms with E-state index < -0.39 is 23.7 Å². The monoisotopic (exact) mass is 304 g/mol. The van der Waals surface area contributed by atoms with E-state index >= 15 is 0 Å². The molecule has 0 aliphatic carbocycles. The summed E-state index contributed by atoms with van der Waals surface area (Å²) in [5.41, 5.74) is 6.82. The number of aldehydes is 1. The summed E-state index contributed by atoms with van der Waals surface area (Å²) in [6.45, 7) is 1.79. The summed E-state index contributed by atoms with van der Waals surface area (Å²) in [6.07, 6.45) is 0.182. The van der Waals surface area contributed by atoms with Crippen molar-refractivity contribution in [3.8, 4) is 0 Å². The Morgan fingerprint density at radius 2 is 2.18 bits per heavy atom. The Morgan fingerprint density at radius 1 is 1.45 bits per heavy atom. The van der Waals surface area contributed by atoms with Crippen molar-refractivity contribution in [1.82, 2.24) is 0 Å². The van der Waals surface area contributed by atoms with Gasteiger partial charge in [0.15, 0.2) is 0 Å². The second kappa shape index (κ2) is 6.40. The summed E-state index contributed by atoms with van der Waals surface area (Å²) in [6, 6.07) is 4.71. The quantitative estimate of drug-likeness (QED) is 0.534. The lowest BCUT2D eigenvalue weighted by molar-refractivity contribution is -0.137. The van der Waals surface area contributed by atoms with Gasteiger partial charge in [0.25, 0.3) is 0 Å². The minimum Gasteiger partial charge on any atom is -0.481 e. The van der Waals surface area contributed by atoms with E-state index in [1.165, 1.54) is 6.07 Å². The van der Waals surface area contributed by atoms with Crippen LogP contribution in [-0.4, -0.2) is 29.4 Å². The number of benzene rings is 1. The van der Waals surface area contributed by atoms with E-state index in [1.54, 1.807) is 25.1 Å². The molecule has 2 rings (SSSR count). The molecule has 22 heavy (non-hydrogen) atoms. The van der Waals surface area contributed by atoms with Crippen LogP contribution in [0.3, 0.4) is 0 Å². The molecule has 0 amide bonds. The third kappa shape index (κ3) is 3.50. The van der Waals surface area contributed by atoms with Crippen LogP contribution in [0.4, 0.5) is 5.69 Å². The summed E-state index contributed by atoms with van der Waals surface area (Å²) in [5.74, 6) is -1.07. The maximum atomic E-state index is 11.4. The van der Waals surface area contributed by atoms with Crippen LogP contribution in [0.1, 0.15) is 12.0 Å². The first-order valence-electron chi connectivity index (χ1n) is 6.64. The molecule has 1 heterocycles. The number of carbonyl (C=O) groups excluding carboxylic acids is 1. The van der Waals surface area contributed by atoms with Crippen molar-refractivity contribution >= 4 is 28.9 Å². The van der Waals surface area contributed by atoms with Gasteiger partial charge in [-0.15, -0.1) is 0 Å². The molecule has 0 aliphatic rings. The first-order valence-corrected chi connectivity index (χ1v) is 6.64. The Hall–Kier alpha value is -2.67.